The highest BCUT2D eigenvalue weighted by atomic mass is 79.9. The van der Waals surface area contributed by atoms with E-state index in [0.717, 1.165) is 11.0 Å². The first-order valence-electron chi connectivity index (χ1n) is 5.52. The summed E-state index contributed by atoms with van der Waals surface area (Å²) in [5.41, 5.74) is -0.900. The summed E-state index contributed by atoms with van der Waals surface area (Å²) in [7, 11) is 0. The third-order valence-corrected chi connectivity index (χ3v) is 3.87. The highest BCUT2D eigenvalue weighted by molar-refractivity contribution is 9.09. The minimum Gasteiger partial charge on any atom is -0.478 e. The molecule has 7 heteroatoms. The van der Waals surface area contributed by atoms with Gasteiger partial charge in [0, 0.05) is 24.4 Å². The van der Waals surface area contributed by atoms with Gasteiger partial charge in [-0.15, -0.1) is 0 Å². The highest BCUT2D eigenvalue weighted by Crippen LogP contribution is 2.32. The van der Waals surface area contributed by atoms with E-state index in [0.29, 0.717) is 11.4 Å². The summed E-state index contributed by atoms with van der Waals surface area (Å²) >= 11 is 3.23. The largest absolute Gasteiger partial charge is 0.478 e. The van der Waals surface area contributed by atoms with Gasteiger partial charge in [-0.1, -0.05) is 15.9 Å². The molecule has 2 rings (SSSR count). The zero-order valence-electron chi connectivity index (χ0n) is 9.70. The summed E-state index contributed by atoms with van der Waals surface area (Å²) in [4.78, 5) is 23.9. The molecule has 1 amide bonds. The fraction of sp³-hybridized carbons (Fsp3) is 0.333. The molecule has 1 fully saturated rings. The lowest BCUT2D eigenvalue weighted by Gasteiger charge is -2.19. The number of benzene rings is 1. The lowest BCUT2D eigenvalue weighted by atomic mass is 10.1. The summed E-state index contributed by atoms with van der Waals surface area (Å²) in [6.45, 7) is 0.215. The number of nitrogens with zero attached hydrogens (tertiary/aromatic N) is 1. The van der Waals surface area contributed by atoms with E-state index >= 15 is 0 Å². The predicted octanol–water partition coefficient (Wildman–Crippen LogP) is 2.41. The molecule has 0 spiro atoms. The molecule has 0 saturated carbocycles. The summed E-state index contributed by atoms with van der Waals surface area (Å²) in [6.07, 6.45) is 0.209. The second kappa shape index (κ2) is 5.24. The molecular formula is C12H10BrF2NO3. The van der Waals surface area contributed by atoms with E-state index < -0.39 is 23.2 Å². The van der Waals surface area contributed by atoms with Crippen molar-refractivity contribution in [2.75, 3.05) is 16.8 Å². The number of carboxylic acid groups (broad SMARTS) is 1. The highest BCUT2D eigenvalue weighted by Gasteiger charge is 2.34. The van der Waals surface area contributed by atoms with E-state index in [1.165, 1.54) is 0 Å². The van der Waals surface area contributed by atoms with Crippen molar-refractivity contribution < 1.29 is 23.5 Å². The summed E-state index contributed by atoms with van der Waals surface area (Å²) in [5.74, 6) is -3.87. The van der Waals surface area contributed by atoms with E-state index in [-0.39, 0.29) is 30.5 Å². The third-order valence-electron chi connectivity index (χ3n) is 2.95. The summed E-state index contributed by atoms with van der Waals surface area (Å²) < 4.78 is 26.9. The summed E-state index contributed by atoms with van der Waals surface area (Å²) in [5, 5.41) is 9.56. The molecule has 1 atom stereocenters. The third kappa shape index (κ3) is 2.60. The molecule has 1 aliphatic rings. The molecule has 1 unspecified atom stereocenters. The van der Waals surface area contributed by atoms with Crippen LogP contribution in [-0.4, -0.2) is 28.9 Å². The van der Waals surface area contributed by atoms with Crippen LogP contribution in [0.4, 0.5) is 14.5 Å². The number of rotatable bonds is 3. The topological polar surface area (TPSA) is 57.6 Å². The van der Waals surface area contributed by atoms with Gasteiger partial charge in [0.1, 0.15) is 5.82 Å². The van der Waals surface area contributed by atoms with Gasteiger partial charge in [-0.2, -0.15) is 0 Å². The minimum absolute atomic E-state index is 0.0152. The molecule has 0 radical (unpaired) electrons. The lowest BCUT2D eigenvalue weighted by molar-refractivity contribution is -0.117. The van der Waals surface area contributed by atoms with Gasteiger partial charge < -0.3 is 10.0 Å². The van der Waals surface area contributed by atoms with E-state index in [1.807, 2.05) is 0 Å². The molecule has 19 heavy (non-hydrogen) atoms. The fourth-order valence-corrected chi connectivity index (χ4v) is 2.54. The fourth-order valence-electron chi connectivity index (χ4n) is 2.10. The Morgan fingerprint density at radius 2 is 2.16 bits per heavy atom. The second-order valence-corrected chi connectivity index (χ2v) is 4.97. The van der Waals surface area contributed by atoms with Crippen molar-refractivity contribution in [3.05, 3.63) is 29.3 Å². The van der Waals surface area contributed by atoms with Crippen LogP contribution >= 0.6 is 15.9 Å². The molecule has 1 aromatic carbocycles. The lowest BCUT2D eigenvalue weighted by Crippen LogP contribution is -2.28. The van der Waals surface area contributed by atoms with Crippen LogP contribution < -0.4 is 4.90 Å². The maximum atomic E-state index is 13.8. The molecule has 1 saturated heterocycles. The van der Waals surface area contributed by atoms with Gasteiger partial charge >= 0.3 is 5.97 Å². The van der Waals surface area contributed by atoms with Gasteiger partial charge in [0.05, 0.1) is 11.3 Å². The van der Waals surface area contributed by atoms with Crippen molar-refractivity contribution in [1.82, 2.24) is 0 Å². The van der Waals surface area contributed by atoms with Crippen LogP contribution in [-0.2, 0) is 4.79 Å². The zero-order valence-corrected chi connectivity index (χ0v) is 11.3. The van der Waals surface area contributed by atoms with Gasteiger partial charge in [-0.25, -0.2) is 13.6 Å². The van der Waals surface area contributed by atoms with Gasteiger partial charge in [-0.3, -0.25) is 4.79 Å². The average molecular weight is 334 g/mol. The summed E-state index contributed by atoms with van der Waals surface area (Å²) in [6, 6.07) is 1.30. The Morgan fingerprint density at radius 3 is 2.68 bits per heavy atom. The first kappa shape index (κ1) is 13.9. The van der Waals surface area contributed by atoms with Crippen molar-refractivity contribution in [1.29, 1.82) is 0 Å². The van der Waals surface area contributed by atoms with Crippen molar-refractivity contribution in [2.45, 2.75) is 6.42 Å². The monoisotopic (exact) mass is 333 g/mol. The molecule has 0 aromatic heterocycles. The van der Waals surface area contributed by atoms with Crippen LogP contribution in [0.15, 0.2) is 12.1 Å². The molecule has 0 aliphatic carbocycles. The van der Waals surface area contributed by atoms with Crippen LogP contribution in [0.3, 0.4) is 0 Å². The van der Waals surface area contributed by atoms with Crippen molar-refractivity contribution in [3.8, 4) is 0 Å². The molecule has 1 heterocycles. The average Bonchev–Trinajstić information content (AvgIpc) is 2.69. The number of halogens is 3. The number of aromatic carboxylic acids is 1. The quantitative estimate of drug-likeness (QED) is 0.864. The Balaban J connectivity index is 2.50. The number of carboxylic acids is 1. The van der Waals surface area contributed by atoms with Gasteiger partial charge in [0.15, 0.2) is 5.82 Å². The maximum Gasteiger partial charge on any atom is 0.338 e. The molecule has 0 bridgehead atoms. The number of anilines is 1. The number of carbonyl (C=O) groups excluding carboxylic acids is 1. The van der Waals surface area contributed by atoms with Crippen LogP contribution in [0.5, 0.6) is 0 Å². The zero-order chi connectivity index (χ0) is 14.2. The number of amides is 1. The van der Waals surface area contributed by atoms with E-state index in [1.54, 1.807) is 0 Å². The Labute approximate surface area is 116 Å². The molecule has 1 N–H and O–H groups in total. The number of hydrogen-bond donors (Lipinski definition) is 1. The number of hydrogen-bond acceptors (Lipinski definition) is 2. The second-order valence-electron chi connectivity index (χ2n) is 4.32. The minimum atomic E-state index is -1.47. The normalized spacial score (nSPS) is 19.0. The van der Waals surface area contributed by atoms with Gasteiger partial charge in [-0.05, 0) is 12.0 Å². The van der Waals surface area contributed by atoms with Gasteiger partial charge in [0.2, 0.25) is 5.91 Å². The van der Waals surface area contributed by atoms with E-state index in [4.69, 9.17) is 5.11 Å². The Bertz CT molecular complexity index is 550. The van der Waals surface area contributed by atoms with Crippen molar-refractivity contribution in [2.24, 2.45) is 5.92 Å². The van der Waals surface area contributed by atoms with Crippen LogP contribution in [0.1, 0.15) is 16.8 Å². The van der Waals surface area contributed by atoms with Crippen LogP contribution in [0.2, 0.25) is 0 Å². The Morgan fingerprint density at radius 1 is 1.47 bits per heavy atom. The first-order chi connectivity index (χ1) is 8.93. The van der Waals surface area contributed by atoms with E-state index in [9.17, 15) is 18.4 Å². The predicted molar refractivity (Wildman–Crippen MR) is 67.6 cm³/mol. The Kier molecular flexibility index (Phi) is 3.84. The molecule has 4 nitrogen and oxygen atoms in total. The molecular weight excluding hydrogens is 324 g/mol. The SMILES string of the molecule is O=C(O)c1cc(F)cc(F)c1N1CC(CBr)CC1=O. The molecule has 102 valence electrons. The number of carbonyl (C=O) groups is 2. The molecule has 1 aromatic rings. The smallest absolute Gasteiger partial charge is 0.338 e. The van der Waals surface area contributed by atoms with Crippen LogP contribution in [0.25, 0.3) is 0 Å². The Hall–Kier alpha value is -1.50. The van der Waals surface area contributed by atoms with Crippen molar-refractivity contribution in [3.63, 3.8) is 0 Å². The first-order valence-corrected chi connectivity index (χ1v) is 6.64. The number of alkyl halides is 1. The standard InChI is InChI=1S/C12H10BrF2NO3/c13-4-6-1-10(17)16(5-6)11-8(12(18)19)2-7(14)3-9(11)15/h2-3,6H,1,4-5H2,(H,18,19). The van der Waals surface area contributed by atoms with Gasteiger partial charge in [0.25, 0.3) is 0 Å². The molecule has 1 aliphatic heterocycles. The van der Waals surface area contributed by atoms with E-state index in [2.05, 4.69) is 15.9 Å². The maximum absolute atomic E-state index is 13.8. The van der Waals surface area contributed by atoms with Crippen LogP contribution in [0, 0.1) is 17.6 Å². The van der Waals surface area contributed by atoms with Crippen molar-refractivity contribution >= 4 is 33.5 Å².